The first-order valence-electron chi connectivity index (χ1n) is 6.78. The number of urea groups is 1. The summed E-state index contributed by atoms with van der Waals surface area (Å²) in [5.41, 5.74) is 1.76. The van der Waals surface area contributed by atoms with E-state index in [4.69, 9.17) is 0 Å². The Labute approximate surface area is 114 Å². The smallest absolute Gasteiger partial charge is 0.319 e. The van der Waals surface area contributed by atoms with E-state index in [2.05, 4.69) is 10.6 Å². The Morgan fingerprint density at radius 1 is 1.42 bits per heavy atom. The molecule has 1 aromatic carbocycles. The van der Waals surface area contributed by atoms with Gasteiger partial charge in [0.05, 0.1) is 6.61 Å². The van der Waals surface area contributed by atoms with Crippen LogP contribution in [-0.2, 0) is 0 Å². The highest BCUT2D eigenvalue weighted by atomic mass is 16.3. The van der Waals surface area contributed by atoms with Crippen molar-refractivity contribution in [3.05, 3.63) is 29.8 Å². The summed E-state index contributed by atoms with van der Waals surface area (Å²) in [6, 6.07) is 7.54. The molecule has 3 N–H and O–H groups in total. The number of benzene rings is 1. The minimum atomic E-state index is -0.199. The lowest BCUT2D eigenvalue weighted by Crippen LogP contribution is -2.46. The van der Waals surface area contributed by atoms with Crippen LogP contribution in [0.1, 0.15) is 31.7 Å². The van der Waals surface area contributed by atoms with Crippen molar-refractivity contribution < 1.29 is 9.90 Å². The molecular formula is C15H22N2O2. The van der Waals surface area contributed by atoms with Gasteiger partial charge in [-0.05, 0) is 31.9 Å². The summed E-state index contributed by atoms with van der Waals surface area (Å²) in [4.78, 5) is 12.0. The summed E-state index contributed by atoms with van der Waals surface area (Å²) in [5.74, 6) is 0. The van der Waals surface area contributed by atoms with Crippen molar-refractivity contribution in [3.63, 3.8) is 0 Å². The number of rotatable bonds is 3. The van der Waals surface area contributed by atoms with Crippen LogP contribution in [-0.4, -0.2) is 23.8 Å². The highest BCUT2D eigenvalue weighted by molar-refractivity contribution is 5.89. The fourth-order valence-corrected chi connectivity index (χ4v) is 2.63. The quantitative estimate of drug-likeness (QED) is 0.784. The Balaban J connectivity index is 1.92. The molecule has 0 aliphatic heterocycles. The lowest BCUT2D eigenvalue weighted by molar-refractivity contribution is 0.122. The second-order valence-corrected chi connectivity index (χ2v) is 5.72. The van der Waals surface area contributed by atoms with E-state index in [1.54, 1.807) is 0 Å². The molecule has 1 fully saturated rings. The Morgan fingerprint density at radius 2 is 2.11 bits per heavy atom. The first-order valence-corrected chi connectivity index (χ1v) is 6.78. The standard InChI is InChI=1S/C15H22N2O2/c1-11-5-7-12(8-6-11)16-14(19)17-13-4-3-9-15(13,2)10-18/h5-8,13,18H,3-4,9-10H2,1-2H3,(H2,16,17,19)/t13-,15+/m0/s1. The van der Waals surface area contributed by atoms with E-state index in [0.29, 0.717) is 0 Å². The highest BCUT2D eigenvalue weighted by Crippen LogP contribution is 2.37. The van der Waals surface area contributed by atoms with E-state index in [-0.39, 0.29) is 24.1 Å². The van der Waals surface area contributed by atoms with Gasteiger partial charge in [0.1, 0.15) is 0 Å². The Morgan fingerprint density at radius 3 is 2.74 bits per heavy atom. The summed E-state index contributed by atoms with van der Waals surface area (Å²) in [6.07, 6.45) is 2.93. The van der Waals surface area contributed by atoms with Gasteiger partial charge in [0.15, 0.2) is 0 Å². The number of nitrogens with one attached hydrogen (secondary N) is 2. The van der Waals surface area contributed by atoms with Crippen LogP contribution in [0.4, 0.5) is 10.5 Å². The van der Waals surface area contributed by atoms with Gasteiger partial charge in [-0.3, -0.25) is 0 Å². The number of carbonyl (C=O) groups is 1. The fraction of sp³-hybridized carbons (Fsp3) is 0.533. The highest BCUT2D eigenvalue weighted by Gasteiger charge is 2.39. The van der Waals surface area contributed by atoms with Crippen LogP contribution in [0.2, 0.25) is 0 Å². The van der Waals surface area contributed by atoms with Crippen molar-refractivity contribution >= 4 is 11.7 Å². The van der Waals surface area contributed by atoms with Gasteiger partial charge in [0.2, 0.25) is 0 Å². The van der Waals surface area contributed by atoms with Crippen molar-refractivity contribution in [2.24, 2.45) is 5.41 Å². The summed E-state index contributed by atoms with van der Waals surface area (Å²) in [7, 11) is 0. The molecule has 1 aliphatic rings. The molecule has 0 unspecified atom stereocenters. The zero-order valence-electron chi connectivity index (χ0n) is 11.6. The number of aryl methyl sites for hydroxylation is 1. The lowest BCUT2D eigenvalue weighted by atomic mass is 9.86. The van der Waals surface area contributed by atoms with Crippen molar-refractivity contribution in [1.82, 2.24) is 5.32 Å². The van der Waals surface area contributed by atoms with Crippen molar-refractivity contribution in [1.29, 1.82) is 0 Å². The van der Waals surface area contributed by atoms with Crippen LogP contribution in [0, 0.1) is 12.3 Å². The minimum absolute atomic E-state index is 0.0444. The first kappa shape index (κ1) is 13.9. The number of anilines is 1. The van der Waals surface area contributed by atoms with E-state index in [9.17, 15) is 9.90 Å². The monoisotopic (exact) mass is 262 g/mol. The number of amides is 2. The van der Waals surface area contributed by atoms with Gasteiger partial charge >= 0.3 is 6.03 Å². The summed E-state index contributed by atoms with van der Waals surface area (Å²) < 4.78 is 0. The zero-order valence-corrected chi connectivity index (χ0v) is 11.6. The molecule has 0 heterocycles. The predicted molar refractivity (Wildman–Crippen MR) is 76.2 cm³/mol. The average molecular weight is 262 g/mol. The topological polar surface area (TPSA) is 61.4 Å². The lowest BCUT2D eigenvalue weighted by Gasteiger charge is -2.30. The molecule has 104 valence electrons. The maximum atomic E-state index is 12.0. The Hall–Kier alpha value is -1.55. The van der Waals surface area contributed by atoms with Crippen LogP contribution < -0.4 is 10.6 Å². The summed E-state index contributed by atoms with van der Waals surface area (Å²) in [6.45, 7) is 4.15. The second-order valence-electron chi connectivity index (χ2n) is 5.72. The third-order valence-corrected chi connectivity index (χ3v) is 4.06. The van der Waals surface area contributed by atoms with E-state index < -0.39 is 0 Å². The molecule has 0 saturated heterocycles. The van der Waals surface area contributed by atoms with Crippen LogP contribution in [0.3, 0.4) is 0 Å². The minimum Gasteiger partial charge on any atom is -0.396 e. The Kier molecular flexibility index (Phi) is 4.10. The molecule has 19 heavy (non-hydrogen) atoms. The molecule has 2 rings (SSSR count). The van der Waals surface area contributed by atoms with Crippen LogP contribution in [0.5, 0.6) is 0 Å². The molecule has 1 aromatic rings. The van der Waals surface area contributed by atoms with E-state index in [0.717, 1.165) is 30.5 Å². The maximum absolute atomic E-state index is 12.0. The van der Waals surface area contributed by atoms with Crippen molar-refractivity contribution in [2.45, 2.75) is 39.2 Å². The van der Waals surface area contributed by atoms with Gasteiger partial charge in [-0.1, -0.05) is 31.0 Å². The van der Waals surface area contributed by atoms with Gasteiger partial charge in [0, 0.05) is 17.1 Å². The fourth-order valence-electron chi connectivity index (χ4n) is 2.63. The van der Waals surface area contributed by atoms with Crippen LogP contribution in [0.25, 0.3) is 0 Å². The molecule has 0 aromatic heterocycles. The molecular weight excluding hydrogens is 240 g/mol. The molecule has 1 saturated carbocycles. The van der Waals surface area contributed by atoms with Gasteiger partial charge in [-0.15, -0.1) is 0 Å². The number of hydrogen-bond acceptors (Lipinski definition) is 2. The second kappa shape index (κ2) is 5.61. The maximum Gasteiger partial charge on any atom is 0.319 e. The predicted octanol–water partition coefficient (Wildman–Crippen LogP) is 2.67. The largest absolute Gasteiger partial charge is 0.396 e. The van der Waals surface area contributed by atoms with Gasteiger partial charge in [-0.25, -0.2) is 4.79 Å². The molecule has 0 spiro atoms. The number of aliphatic hydroxyl groups is 1. The van der Waals surface area contributed by atoms with Crippen molar-refractivity contribution in [3.8, 4) is 0 Å². The molecule has 0 radical (unpaired) electrons. The number of aliphatic hydroxyl groups excluding tert-OH is 1. The molecule has 4 heteroatoms. The van der Waals surface area contributed by atoms with E-state index in [1.165, 1.54) is 0 Å². The third kappa shape index (κ3) is 3.26. The first-order chi connectivity index (χ1) is 9.03. The number of carbonyl (C=O) groups excluding carboxylic acids is 1. The van der Waals surface area contributed by atoms with Gasteiger partial charge < -0.3 is 15.7 Å². The van der Waals surface area contributed by atoms with E-state index in [1.807, 2.05) is 38.1 Å². The normalized spacial score (nSPS) is 26.2. The van der Waals surface area contributed by atoms with Crippen LogP contribution >= 0.6 is 0 Å². The summed E-state index contributed by atoms with van der Waals surface area (Å²) in [5, 5.41) is 15.3. The molecule has 4 nitrogen and oxygen atoms in total. The van der Waals surface area contributed by atoms with Crippen LogP contribution in [0.15, 0.2) is 24.3 Å². The SMILES string of the molecule is Cc1ccc(NC(=O)N[C@H]2CCC[C@]2(C)CO)cc1. The third-order valence-electron chi connectivity index (χ3n) is 4.06. The zero-order chi connectivity index (χ0) is 13.9. The van der Waals surface area contributed by atoms with Gasteiger partial charge in [-0.2, -0.15) is 0 Å². The Bertz CT molecular complexity index is 444. The van der Waals surface area contributed by atoms with Crippen molar-refractivity contribution in [2.75, 3.05) is 11.9 Å². The van der Waals surface area contributed by atoms with Gasteiger partial charge in [0.25, 0.3) is 0 Å². The van der Waals surface area contributed by atoms with E-state index >= 15 is 0 Å². The average Bonchev–Trinajstić information content (AvgIpc) is 2.74. The molecule has 1 aliphatic carbocycles. The summed E-state index contributed by atoms with van der Waals surface area (Å²) >= 11 is 0. The molecule has 2 atom stereocenters. The molecule has 0 bridgehead atoms. The number of hydrogen-bond donors (Lipinski definition) is 3. The molecule has 2 amide bonds.